The second kappa shape index (κ2) is 9.62. The maximum Gasteiger partial charge on any atom is 0.136 e. The van der Waals surface area contributed by atoms with Gasteiger partial charge in [0.05, 0.1) is 28.6 Å². The number of nitrogens with two attached hydrogens (primary N) is 2. The van der Waals surface area contributed by atoms with Crippen molar-refractivity contribution >= 4 is 41.1 Å². The Labute approximate surface area is 178 Å². The molecule has 0 aliphatic carbocycles. The van der Waals surface area contributed by atoms with E-state index in [2.05, 4.69) is 27.6 Å². The lowest BCUT2D eigenvalue weighted by Gasteiger charge is -2.06. The highest BCUT2D eigenvalue weighted by Crippen LogP contribution is 2.24. The molecule has 2 heterocycles. The summed E-state index contributed by atoms with van der Waals surface area (Å²) in [7, 11) is 0. The van der Waals surface area contributed by atoms with Gasteiger partial charge in [-0.1, -0.05) is 18.2 Å². The number of benzene rings is 2. The van der Waals surface area contributed by atoms with Crippen molar-refractivity contribution in [3.63, 3.8) is 0 Å². The van der Waals surface area contributed by atoms with Crippen LogP contribution in [0.4, 0.5) is 10.1 Å². The van der Waals surface area contributed by atoms with Crippen molar-refractivity contribution in [1.29, 1.82) is 5.41 Å². The molecule has 2 aromatic heterocycles. The predicted octanol–water partition coefficient (Wildman–Crippen LogP) is 4.34. The first-order valence-electron chi connectivity index (χ1n) is 8.85. The first kappa shape index (κ1) is 20.9. The fraction of sp³-hybridized carbons (Fsp3) is 0. The Morgan fingerprint density at radius 1 is 1.00 bits per heavy atom. The molecule has 0 atom stereocenters. The number of aromatic nitrogens is 3. The number of fused-ring (bicyclic) bond motifs is 1. The van der Waals surface area contributed by atoms with Crippen LogP contribution >= 0.6 is 12.6 Å². The Balaban J connectivity index is 0.000000269. The molecule has 4 aromatic rings. The number of nitrogens with one attached hydrogen (secondary N) is 1. The van der Waals surface area contributed by atoms with E-state index in [1.807, 2.05) is 24.3 Å². The van der Waals surface area contributed by atoms with Gasteiger partial charge >= 0.3 is 0 Å². The van der Waals surface area contributed by atoms with Gasteiger partial charge in [-0.05, 0) is 35.9 Å². The third-order valence-electron chi connectivity index (χ3n) is 4.12. The van der Waals surface area contributed by atoms with Crippen molar-refractivity contribution in [2.45, 2.75) is 4.90 Å². The molecule has 0 aliphatic heterocycles. The predicted molar refractivity (Wildman–Crippen MR) is 122 cm³/mol. The largest absolute Gasteiger partial charge is 0.404 e. The Bertz CT molecular complexity index is 1200. The SMILES string of the molecule is Fc1ccccc1S.N=C/C(=C\N)c1cnc2ccc(-c3cncc(N)c3)cc2n1. The minimum Gasteiger partial charge on any atom is -0.404 e. The molecule has 0 radical (unpaired) electrons. The lowest BCUT2D eigenvalue weighted by atomic mass is 10.1. The van der Waals surface area contributed by atoms with Crippen molar-refractivity contribution < 1.29 is 4.39 Å². The number of pyridine rings is 1. The van der Waals surface area contributed by atoms with Gasteiger partial charge in [0, 0.05) is 40.8 Å². The van der Waals surface area contributed by atoms with Gasteiger partial charge in [0.25, 0.3) is 0 Å². The minimum absolute atomic E-state index is 0.268. The van der Waals surface area contributed by atoms with Crippen LogP contribution in [-0.2, 0) is 0 Å². The summed E-state index contributed by atoms with van der Waals surface area (Å²) in [6, 6.07) is 14.0. The van der Waals surface area contributed by atoms with Crippen molar-refractivity contribution in [3.05, 3.63) is 84.8 Å². The summed E-state index contributed by atoms with van der Waals surface area (Å²) in [4.78, 5) is 13.4. The normalized spacial score (nSPS) is 10.9. The van der Waals surface area contributed by atoms with E-state index in [4.69, 9.17) is 16.9 Å². The quantitative estimate of drug-likeness (QED) is 0.292. The zero-order chi connectivity index (χ0) is 21.5. The van der Waals surface area contributed by atoms with Gasteiger partial charge in [0.1, 0.15) is 5.82 Å². The number of nitrogens with zero attached hydrogens (tertiary/aromatic N) is 3. The molecule has 0 saturated carbocycles. The molecule has 5 N–H and O–H groups in total. The van der Waals surface area contributed by atoms with E-state index < -0.39 is 0 Å². The second-order valence-electron chi connectivity index (χ2n) is 6.18. The van der Waals surface area contributed by atoms with Crippen LogP contribution in [0.1, 0.15) is 5.69 Å². The summed E-state index contributed by atoms with van der Waals surface area (Å²) in [6.07, 6.45) is 7.45. The van der Waals surface area contributed by atoms with Crippen molar-refractivity contribution in [2.24, 2.45) is 5.73 Å². The Morgan fingerprint density at radius 3 is 2.43 bits per heavy atom. The van der Waals surface area contributed by atoms with E-state index in [9.17, 15) is 4.39 Å². The smallest absolute Gasteiger partial charge is 0.136 e. The number of rotatable bonds is 3. The molecule has 0 unspecified atom stereocenters. The van der Waals surface area contributed by atoms with E-state index in [1.54, 1.807) is 36.8 Å². The van der Waals surface area contributed by atoms with Gasteiger partial charge in [-0.2, -0.15) is 0 Å². The van der Waals surface area contributed by atoms with Crippen LogP contribution in [0.2, 0.25) is 0 Å². The summed E-state index contributed by atoms with van der Waals surface area (Å²) in [6.45, 7) is 0. The van der Waals surface area contributed by atoms with Crippen molar-refractivity contribution in [3.8, 4) is 11.1 Å². The molecular weight excluding hydrogens is 399 g/mol. The average Bonchev–Trinajstić information content (AvgIpc) is 2.77. The topological polar surface area (TPSA) is 115 Å². The Morgan fingerprint density at radius 2 is 1.80 bits per heavy atom. The standard InChI is InChI=1S/C16H14N6.C6H5FS/c17-5-12(6-18)16-9-21-14-2-1-10(4-15(14)22-16)11-3-13(19)8-20-7-11;7-5-3-1-2-4-6(5)8/h1-9,17H,18-19H2;1-4,8H/b12-6+,17-5?;. The maximum atomic E-state index is 12.2. The highest BCUT2D eigenvalue weighted by molar-refractivity contribution is 7.80. The summed E-state index contributed by atoms with van der Waals surface area (Å²) in [5.74, 6) is -0.268. The fourth-order valence-corrected chi connectivity index (χ4v) is 2.77. The van der Waals surface area contributed by atoms with Gasteiger partial charge < -0.3 is 16.9 Å². The van der Waals surface area contributed by atoms with Crippen LogP contribution < -0.4 is 11.5 Å². The summed E-state index contributed by atoms with van der Waals surface area (Å²) < 4.78 is 12.2. The molecular formula is C22H19FN6S. The van der Waals surface area contributed by atoms with Crippen LogP contribution in [0.5, 0.6) is 0 Å². The zero-order valence-corrected chi connectivity index (χ0v) is 16.7. The van der Waals surface area contributed by atoms with Crippen LogP contribution in [-0.4, -0.2) is 21.2 Å². The van der Waals surface area contributed by atoms with E-state index in [-0.39, 0.29) is 5.82 Å². The monoisotopic (exact) mass is 418 g/mol. The number of nitrogen functional groups attached to an aromatic ring is 1. The van der Waals surface area contributed by atoms with E-state index in [1.165, 1.54) is 12.3 Å². The second-order valence-corrected chi connectivity index (χ2v) is 6.67. The van der Waals surface area contributed by atoms with Gasteiger partial charge in [-0.3, -0.25) is 9.97 Å². The maximum absolute atomic E-state index is 12.2. The number of hydrogen-bond acceptors (Lipinski definition) is 7. The molecule has 2 aromatic carbocycles. The van der Waals surface area contributed by atoms with Gasteiger partial charge in [-0.15, -0.1) is 12.6 Å². The molecule has 0 fully saturated rings. The summed E-state index contributed by atoms with van der Waals surface area (Å²) in [5.41, 5.74) is 16.3. The lowest BCUT2D eigenvalue weighted by molar-refractivity contribution is 0.602. The first-order chi connectivity index (χ1) is 14.5. The number of halogens is 1. The molecule has 8 heteroatoms. The molecule has 0 spiro atoms. The average molecular weight is 419 g/mol. The van der Waals surface area contributed by atoms with Gasteiger partial charge in [-0.25, -0.2) is 9.37 Å². The third kappa shape index (κ3) is 4.98. The van der Waals surface area contributed by atoms with Crippen LogP contribution in [0, 0.1) is 11.2 Å². The zero-order valence-electron chi connectivity index (χ0n) is 15.8. The highest BCUT2D eigenvalue weighted by atomic mass is 32.1. The summed E-state index contributed by atoms with van der Waals surface area (Å²) >= 11 is 3.82. The Hall–Kier alpha value is -3.78. The third-order valence-corrected chi connectivity index (χ3v) is 4.48. The summed E-state index contributed by atoms with van der Waals surface area (Å²) in [5, 5.41) is 7.34. The first-order valence-corrected chi connectivity index (χ1v) is 9.30. The van der Waals surface area contributed by atoms with Crippen LogP contribution in [0.15, 0.2) is 78.2 Å². The molecule has 150 valence electrons. The lowest BCUT2D eigenvalue weighted by Crippen LogP contribution is -1.96. The molecule has 30 heavy (non-hydrogen) atoms. The number of allylic oxidation sites excluding steroid dienone is 1. The molecule has 6 nitrogen and oxygen atoms in total. The number of anilines is 1. The molecule has 4 rings (SSSR count). The van der Waals surface area contributed by atoms with E-state index in [0.29, 0.717) is 21.8 Å². The van der Waals surface area contributed by atoms with Crippen LogP contribution in [0.25, 0.3) is 27.7 Å². The minimum atomic E-state index is -0.268. The van der Waals surface area contributed by atoms with Gasteiger partial charge in [0.2, 0.25) is 0 Å². The molecule has 0 aliphatic rings. The number of thiol groups is 1. The Kier molecular flexibility index (Phi) is 6.71. The fourth-order valence-electron chi connectivity index (χ4n) is 2.60. The highest BCUT2D eigenvalue weighted by Gasteiger charge is 2.06. The van der Waals surface area contributed by atoms with Crippen molar-refractivity contribution in [1.82, 2.24) is 15.0 Å². The van der Waals surface area contributed by atoms with E-state index in [0.717, 1.165) is 28.4 Å². The molecule has 0 amide bonds. The van der Waals surface area contributed by atoms with Gasteiger partial charge in [0.15, 0.2) is 0 Å². The van der Waals surface area contributed by atoms with E-state index >= 15 is 0 Å². The van der Waals surface area contributed by atoms with Crippen LogP contribution in [0.3, 0.4) is 0 Å². The molecule has 0 saturated heterocycles. The van der Waals surface area contributed by atoms with Crippen molar-refractivity contribution in [2.75, 3.05) is 5.73 Å². The number of hydrogen-bond donors (Lipinski definition) is 4. The molecule has 0 bridgehead atoms.